The number of hydrogen-bond donors (Lipinski definition) is 1. The summed E-state index contributed by atoms with van der Waals surface area (Å²) in [4.78, 5) is 11.5. The standard InChI is InChI=1S/C15H20N2O/c1-11(2)13-4-6-14(7-5-13)12(3)10-15(18)17-9-8-16/h4-7,11-12H,9-10H2,1-3H3,(H,17,18)/t12-/m1/s1. The fourth-order valence-electron chi connectivity index (χ4n) is 1.82. The van der Waals surface area contributed by atoms with Gasteiger partial charge in [0.05, 0.1) is 6.07 Å². The molecule has 1 rings (SSSR count). The Morgan fingerprint density at radius 3 is 2.28 bits per heavy atom. The molecule has 0 aromatic heterocycles. The minimum atomic E-state index is -0.0722. The van der Waals surface area contributed by atoms with Gasteiger partial charge in [0.15, 0.2) is 0 Å². The molecule has 1 amide bonds. The summed E-state index contributed by atoms with van der Waals surface area (Å²) in [5.74, 6) is 0.621. The highest BCUT2D eigenvalue weighted by Crippen LogP contribution is 2.22. The van der Waals surface area contributed by atoms with Crippen LogP contribution in [0, 0.1) is 11.3 Å². The number of rotatable bonds is 5. The van der Waals surface area contributed by atoms with Crippen LogP contribution in [0.2, 0.25) is 0 Å². The van der Waals surface area contributed by atoms with Crippen molar-refractivity contribution in [2.75, 3.05) is 6.54 Å². The van der Waals surface area contributed by atoms with Crippen molar-refractivity contribution < 1.29 is 4.79 Å². The quantitative estimate of drug-likeness (QED) is 0.810. The highest BCUT2D eigenvalue weighted by Gasteiger charge is 2.11. The number of amides is 1. The lowest BCUT2D eigenvalue weighted by Crippen LogP contribution is -2.24. The van der Waals surface area contributed by atoms with Gasteiger partial charge < -0.3 is 5.32 Å². The van der Waals surface area contributed by atoms with E-state index in [9.17, 15) is 4.79 Å². The minimum Gasteiger partial charge on any atom is -0.343 e. The lowest BCUT2D eigenvalue weighted by atomic mass is 9.94. The van der Waals surface area contributed by atoms with Gasteiger partial charge in [-0.3, -0.25) is 4.79 Å². The zero-order valence-electron chi connectivity index (χ0n) is 11.2. The average molecular weight is 244 g/mol. The van der Waals surface area contributed by atoms with Gasteiger partial charge >= 0.3 is 0 Å². The van der Waals surface area contributed by atoms with Crippen molar-refractivity contribution in [1.82, 2.24) is 5.32 Å². The van der Waals surface area contributed by atoms with Crippen molar-refractivity contribution in [3.63, 3.8) is 0 Å². The highest BCUT2D eigenvalue weighted by atomic mass is 16.1. The Hall–Kier alpha value is -1.82. The maximum Gasteiger partial charge on any atom is 0.221 e. The molecule has 0 radical (unpaired) electrons. The van der Waals surface area contributed by atoms with Gasteiger partial charge in [-0.25, -0.2) is 0 Å². The van der Waals surface area contributed by atoms with Crippen LogP contribution in [0.5, 0.6) is 0 Å². The summed E-state index contributed by atoms with van der Waals surface area (Å²) in [6, 6.07) is 10.3. The number of nitrogens with zero attached hydrogens (tertiary/aromatic N) is 1. The van der Waals surface area contributed by atoms with Crippen LogP contribution in [0.25, 0.3) is 0 Å². The van der Waals surface area contributed by atoms with E-state index in [1.54, 1.807) is 0 Å². The lowest BCUT2D eigenvalue weighted by molar-refractivity contribution is -0.121. The van der Waals surface area contributed by atoms with Gasteiger partial charge in [-0.05, 0) is 23.0 Å². The van der Waals surface area contributed by atoms with Crippen molar-refractivity contribution in [3.8, 4) is 6.07 Å². The molecular formula is C15H20N2O. The van der Waals surface area contributed by atoms with Crippen molar-refractivity contribution in [2.24, 2.45) is 0 Å². The molecule has 1 N–H and O–H groups in total. The molecule has 1 aromatic rings. The molecular weight excluding hydrogens is 224 g/mol. The lowest BCUT2D eigenvalue weighted by Gasteiger charge is -2.13. The van der Waals surface area contributed by atoms with E-state index in [-0.39, 0.29) is 18.4 Å². The third kappa shape index (κ3) is 4.21. The molecule has 0 fully saturated rings. The number of hydrogen-bond acceptors (Lipinski definition) is 2. The predicted octanol–water partition coefficient (Wildman–Crippen LogP) is 2.94. The second kappa shape index (κ2) is 6.80. The Morgan fingerprint density at radius 2 is 1.78 bits per heavy atom. The molecule has 96 valence electrons. The van der Waals surface area contributed by atoms with Crippen molar-refractivity contribution >= 4 is 5.91 Å². The Kier molecular flexibility index (Phi) is 5.38. The Labute approximate surface area is 109 Å². The monoisotopic (exact) mass is 244 g/mol. The van der Waals surface area contributed by atoms with Crippen molar-refractivity contribution in [1.29, 1.82) is 5.26 Å². The first-order chi connectivity index (χ1) is 8.54. The first-order valence-electron chi connectivity index (χ1n) is 6.28. The number of benzene rings is 1. The van der Waals surface area contributed by atoms with Gasteiger partial charge in [0.25, 0.3) is 0 Å². The Morgan fingerprint density at radius 1 is 1.22 bits per heavy atom. The van der Waals surface area contributed by atoms with E-state index in [4.69, 9.17) is 5.26 Å². The summed E-state index contributed by atoms with van der Waals surface area (Å²) in [6.07, 6.45) is 0.419. The molecule has 3 nitrogen and oxygen atoms in total. The summed E-state index contributed by atoms with van der Waals surface area (Å²) in [7, 11) is 0. The number of carbonyl (C=O) groups is 1. The fraction of sp³-hybridized carbons (Fsp3) is 0.467. The fourth-order valence-corrected chi connectivity index (χ4v) is 1.82. The molecule has 0 aliphatic carbocycles. The highest BCUT2D eigenvalue weighted by molar-refractivity contribution is 5.77. The summed E-state index contributed by atoms with van der Waals surface area (Å²) < 4.78 is 0. The molecule has 0 aliphatic heterocycles. The van der Waals surface area contributed by atoms with E-state index in [0.717, 1.165) is 5.56 Å². The molecule has 0 bridgehead atoms. The van der Waals surface area contributed by atoms with Crippen LogP contribution < -0.4 is 5.32 Å². The Balaban J connectivity index is 2.59. The van der Waals surface area contributed by atoms with E-state index >= 15 is 0 Å². The maximum atomic E-state index is 11.5. The third-order valence-corrected chi connectivity index (χ3v) is 3.03. The van der Waals surface area contributed by atoms with Gasteiger partial charge in [0.2, 0.25) is 5.91 Å². The molecule has 1 aromatic carbocycles. The molecule has 0 heterocycles. The van der Waals surface area contributed by atoms with Gasteiger partial charge in [-0.1, -0.05) is 45.0 Å². The molecule has 18 heavy (non-hydrogen) atoms. The normalized spacial score (nSPS) is 11.9. The first kappa shape index (κ1) is 14.2. The number of carbonyl (C=O) groups excluding carboxylic acids is 1. The summed E-state index contributed by atoms with van der Waals surface area (Å²) in [5, 5.41) is 10.9. The van der Waals surface area contributed by atoms with E-state index < -0.39 is 0 Å². The number of nitriles is 1. The zero-order chi connectivity index (χ0) is 13.5. The Bertz CT molecular complexity index is 429. The third-order valence-electron chi connectivity index (χ3n) is 3.03. The molecule has 0 saturated carbocycles. The molecule has 0 saturated heterocycles. The summed E-state index contributed by atoms with van der Waals surface area (Å²) in [6.45, 7) is 6.43. The van der Waals surface area contributed by atoms with E-state index in [1.807, 2.05) is 13.0 Å². The SMILES string of the molecule is CC(C)c1ccc([C@H](C)CC(=O)NCC#N)cc1. The second-order valence-corrected chi connectivity index (χ2v) is 4.86. The van der Waals surface area contributed by atoms with Gasteiger partial charge in [-0.2, -0.15) is 5.26 Å². The molecule has 0 spiro atoms. The molecule has 0 unspecified atom stereocenters. The molecule has 3 heteroatoms. The maximum absolute atomic E-state index is 11.5. The van der Waals surface area contributed by atoms with E-state index in [2.05, 4.69) is 43.4 Å². The van der Waals surface area contributed by atoms with Crippen molar-refractivity contribution in [2.45, 2.75) is 39.0 Å². The van der Waals surface area contributed by atoms with Crippen LogP contribution in [0.1, 0.15) is 50.2 Å². The summed E-state index contributed by atoms with van der Waals surface area (Å²) in [5.41, 5.74) is 2.46. The second-order valence-electron chi connectivity index (χ2n) is 4.86. The average Bonchev–Trinajstić information content (AvgIpc) is 2.36. The first-order valence-corrected chi connectivity index (χ1v) is 6.28. The van der Waals surface area contributed by atoms with Gasteiger partial charge in [-0.15, -0.1) is 0 Å². The molecule has 1 atom stereocenters. The van der Waals surface area contributed by atoms with Crippen LogP contribution in [0.3, 0.4) is 0 Å². The van der Waals surface area contributed by atoms with Gasteiger partial charge in [0, 0.05) is 6.42 Å². The smallest absolute Gasteiger partial charge is 0.221 e. The van der Waals surface area contributed by atoms with Crippen LogP contribution >= 0.6 is 0 Å². The minimum absolute atomic E-state index is 0.0722. The van der Waals surface area contributed by atoms with Crippen molar-refractivity contribution in [3.05, 3.63) is 35.4 Å². The molecule has 0 aliphatic rings. The van der Waals surface area contributed by atoms with Crippen LogP contribution in [-0.4, -0.2) is 12.5 Å². The van der Waals surface area contributed by atoms with Crippen LogP contribution in [0.4, 0.5) is 0 Å². The number of nitrogens with one attached hydrogen (secondary N) is 1. The van der Waals surface area contributed by atoms with E-state index in [0.29, 0.717) is 12.3 Å². The van der Waals surface area contributed by atoms with Crippen LogP contribution in [0.15, 0.2) is 24.3 Å². The predicted molar refractivity (Wildman–Crippen MR) is 72.2 cm³/mol. The zero-order valence-corrected chi connectivity index (χ0v) is 11.2. The largest absolute Gasteiger partial charge is 0.343 e. The van der Waals surface area contributed by atoms with Crippen LogP contribution in [-0.2, 0) is 4.79 Å². The van der Waals surface area contributed by atoms with Gasteiger partial charge in [0.1, 0.15) is 6.54 Å². The topological polar surface area (TPSA) is 52.9 Å². The summed E-state index contributed by atoms with van der Waals surface area (Å²) >= 11 is 0. The van der Waals surface area contributed by atoms with E-state index in [1.165, 1.54) is 5.56 Å².